The van der Waals surface area contributed by atoms with Crippen LogP contribution in [0.15, 0.2) is 65.6 Å². The summed E-state index contributed by atoms with van der Waals surface area (Å²) < 4.78 is 7.57. The lowest BCUT2D eigenvalue weighted by Crippen LogP contribution is -2.48. The van der Waals surface area contributed by atoms with Crippen LogP contribution in [-0.4, -0.2) is 46.3 Å². The van der Waals surface area contributed by atoms with Gasteiger partial charge in [-0.25, -0.2) is 0 Å². The van der Waals surface area contributed by atoms with Gasteiger partial charge in [0.1, 0.15) is 10.4 Å². The lowest BCUT2D eigenvalue weighted by atomic mass is 10.00. The number of thiophene rings is 1. The minimum Gasteiger partial charge on any atom is -0.387 e. The standard InChI is InChI=1S/C29H30ClN3O4S/c1-18-24(16-33-12-13-37-17-23(33)26(34)20-6-4-3-5-7-20)38-29-25(18)27(35)22(15-32(29)2)28(36)31-14-19-8-10-21(30)11-9-19/h3-11,15,23,26,34H,12-14,16-17H2,1-2H3,(H,31,36). The second-order valence-corrected chi connectivity index (χ2v) is 11.1. The van der Waals surface area contributed by atoms with Gasteiger partial charge in [0.2, 0.25) is 5.43 Å². The van der Waals surface area contributed by atoms with E-state index in [1.165, 1.54) is 0 Å². The second kappa shape index (κ2) is 11.4. The molecule has 3 heterocycles. The summed E-state index contributed by atoms with van der Waals surface area (Å²) >= 11 is 7.50. The molecule has 2 aromatic heterocycles. The highest BCUT2D eigenvalue weighted by Gasteiger charge is 2.31. The molecule has 7 nitrogen and oxygen atoms in total. The first-order valence-electron chi connectivity index (χ1n) is 12.5. The van der Waals surface area contributed by atoms with Crippen LogP contribution in [0.25, 0.3) is 10.2 Å². The van der Waals surface area contributed by atoms with Gasteiger partial charge >= 0.3 is 0 Å². The Labute approximate surface area is 230 Å². The van der Waals surface area contributed by atoms with Crippen molar-refractivity contribution in [2.24, 2.45) is 7.05 Å². The number of nitrogens with zero attached hydrogens (tertiary/aromatic N) is 2. The molecule has 2 N–H and O–H groups in total. The molecule has 1 aliphatic rings. The largest absolute Gasteiger partial charge is 0.387 e. The summed E-state index contributed by atoms with van der Waals surface area (Å²) in [5.41, 5.74) is 2.47. The molecule has 1 fully saturated rings. The van der Waals surface area contributed by atoms with Crippen molar-refractivity contribution >= 4 is 39.1 Å². The minimum atomic E-state index is -0.687. The number of carbonyl (C=O) groups excluding carboxylic acids is 1. The third-order valence-electron chi connectivity index (χ3n) is 7.09. The molecule has 0 saturated carbocycles. The fourth-order valence-electron chi connectivity index (χ4n) is 4.90. The van der Waals surface area contributed by atoms with Crippen LogP contribution < -0.4 is 10.7 Å². The molecule has 198 valence electrons. The van der Waals surface area contributed by atoms with Crippen molar-refractivity contribution in [1.29, 1.82) is 0 Å². The van der Waals surface area contributed by atoms with Gasteiger partial charge in [0.15, 0.2) is 0 Å². The van der Waals surface area contributed by atoms with E-state index in [4.69, 9.17) is 16.3 Å². The topological polar surface area (TPSA) is 83.8 Å². The van der Waals surface area contributed by atoms with Crippen LogP contribution in [0.5, 0.6) is 0 Å². The number of fused-ring (bicyclic) bond motifs is 1. The Bertz CT molecular complexity index is 1500. The van der Waals surface area contributed by atoms with Crippen LogP contribution in [0.2, 0.25) is 5.02 Å². The molecule has 9 heteroatoms. The van der Waals surface area contributed by atoms with E-state index in [1.54, 1.807) is 29.7 Å². The van der Waals surface area contributed by atoms with Crippen LogP contribution in [0.4, 0.5) is 0 Å². The maximum Gasteiger partial charge on any atom is 0.257 e. The van der Waals surface area contributed by atoms with E-state index in [1.807, 2.05) is 61.0 Å². The highest BCUT2D eigenvalue weighted by atomic mass is 35.5. The second-order valence-electron chi connectivity index (χ2n) is 9.59. The fourth-order valence-corrected chi connectivity index (χ4v) is 6.29. The van der Waals surface area contributed by atoms with E-state index in [0.717, 1.165) is 26.4 Å². The first-order valence-corrected chi connectivity index (χ1v) is 13.7. The van der Waals surface area contributed by atoms with Gasteiger partial charge in [0, 0.05) is 42.8 Å². The number of pyridine rings is 1. The highest BCUT2D eigenvalue weighted by Crippen LogP contribution is 2.32. The molecule has 2 unspecified atom stereocenters. The number of carbonyl (C=O) groups is 1. The fraction of sp³-hybridized carbons (Fsp3) is 0.310. The van der Waals surface area contributed by atoms with Crippen molar-refractivity contribution in [2.75, 3.05) is 19.8 Å². The summed E-state index contributed by atoms with van der Waals surface area (Å²) in [6.45, 7) is 4.51. The Kier molecular flexibility index (Phi) is 7.97. The van der Waals surface area contributed by atoms with Crippen LogP contribution >= 0.6 is 22.9 Å². The molecule has 1 saturated heterocycles. The van der Waals surface area contributed by atoms with E-state index in [-0.39, 0.29) is 17.0 Å². The zero-order valence-corrected chi connectivity index (χ0v) is 22.9. The van der Waals surface area contributed by atoms with Gasteiger partial charge in [-0.2, -0.15) is 0 Å². The normalized spacial score (nSPS) is 17.0. The van der Waals surface area contributed by atoms with Gasteiger partial charge in [0.25, 0.3) is 5.91 Å². The van der Waals surface area contributed by atoms with E-state index >= 15 is 0 Å². The number of benzene rings is 2. The predicted octanol–water partition coefficient (Wildman–Crippen LogP) is 4.43. The number of amides is 1. The molecule has 5 rings (SSSR count). The Morgan fingerprint density at radius 2 is 1.95 bits per heavy atom. The molecule has 1 aliphatic heterocycles. The van der Waals surface area contributed by atoms with Gasteiger partial charge in [0.05, 0.1) is 30.7 Å². The number of rotatable bonds is 7. The molecule has 0 radical (unpaired) electrons. The number of nitrogens with one attached hydrogen (secondary N) is 1. The van der Waals surface area contributed by atoms with Crippen molar-refractivity contribution in [3.05, 3.63) is 103 Å². The van der Waals surface area contributed by atoms with E-state index in [2.05, 4.69) is 10.2 Å². The first kappa shape index (κ1) is 26.6. The molecule has 4 aromatic rings. The molecule has 0 bridgehead atoms. The summed E-state index contributed by atoms with van der Waals surface area (Å²) in [6, 6.07) is 16.6. The SMILES string of the molecule is Cc1c(CN2CCOCC2C(O)c2ccccc2)sc2c1c(=O)c(C(=O)NCc1ccc(Cl)cc1)cn2C. The van der Waals surface area contributed by atoms with Crippen molar-refractivity contribution < 1.29 is 14.6 Å². The van der Waals surface area contributed by atoms with Gasteiger partial charge in [-0.15, -0.1) is 11.3 Å². The first-order chi connectivity index (χ1) is 18.3. The van der Waals surface area contributed by atoms with Crippen LogP contribution in [-0.2, 0) is 24.9 Å². The summed E-state index contributed by atoms with van der Waals surface area (Å²) in [5, 5.41) is 15.2. The molecule has 38 heavy (non-hydrogen) atoms. The lowest BCUT2D eigenvalue weighted by molar-refractivity contribution is -0.0629. The van der Waals surface area contributed by atoms with Crippen LogP contribution in [0, 0.1) is 6.92 Å². The molecule has 0 aliphatic carbocycles. The van der Waals surface area contributed by atoms with Crippen molar-refractivity contribution in [2.45, 2.75) is 32.2 Å². The zero-order chi connectivity index (χ0) is 26.8. The van der Waals surface area contributed by atoms with E-state index in [0.29, 0.717) is 43.3 Å². The predicted molar refractivity (Wildman–Crippen MR) is 151 cm³/mol. The molecule has 1 amide bonds. The van der Waals surface area contributed by atoms with Crippen molar-refractivity contribution in [3.63, 3.8) is 0 Å². The Hall–Kier alpha value is -3.01. The Balaban J connectivity index is 1.40. The quantitative estimate of drug-likeness (QED) is 0.355. The number of halogens is 1. The Morgan fingerprint density at radius 3 is 2.68 bits per heavy atom. The lowest BCUT2D eigenvalue weighted by Gasteiger charge is -2.38. The van der Waals surface area contributed by atoms with E-state index in [9.17, 15) is 14.7 Å². The van der Waals surface area contributed by atoms with Crippen molar-refractivity contribution in [1.82, 2.24) is 14.8 Å². The summed E-state index contributed by atoms with van der Waals surface area (Å²) in [7, 11) is 1.86. The van der Waals surface area contributed by atoms with Crippen LogP contribution in [0.1, 0.15) is 38.0 Å². The third kappa shape index (κ3) is 5.41. The molecule has 2 aromatic carbocycles. The molecular formula is C29H30ClN3O4S. The number of ether oxygens (including phenoxy) is 1. The average molecular weight is 552 g/mol. The van der Waals surface area contributed by atoms with Crippen molar-refractivity contribution in [3.8, 4) is 0 Å². The number of hydrogen-bond donors (Lipinski definition) is 2. The van der Waals surface area contributed by atoms with Gasteiger partial charge < -0.3 is 19.7 Å². The summed E-state index contributed by atoms with van der Waals surface area (Å²) in [4.78, 5) is 30.6. The minimum absolute atomic E-state index is 0.116. The summed E-state index contributed by atoms with van der Waals surface area (Å²) in [5.74, 6) is -0.408. The van der Waals surface area contributed by atoms with Gasteiger partial charge in [-0.3, -0.25) is 14.5 Å². The maximum absolute atomic E-state index is 13.5. The average Bonchev–Trinajstić information content (AvgIpc) is 3.27. The maximum atomic E-state index is 13.5. The summed E-state index contributed by atoms with van der Waals surface area (Å²) in [6.07, 6.45) is 0.923. The molecular weight excluding hydrogens is 522 g/mol. The molecule has 2 atom stereocenters. The number of aromatic nitrogens is 1. The zero-order valence-electron chi connectivity index (χ0n) is 21.3. The highest BCUT2D eigenvalue weighted by molar-refractivity contribution is 7.18. The Morgan fingerprint density at radius 1 is 1.21 bits per heavy atom. The monoisotopic (exact) mass is 551 g/mol. The number of aliphatic hydroxyl groups excluding tert-OH is 1. The van der Waals surface area contributed by atoms with Gasteiger partial charge in [-0.1, -0.05) is 54.1 Å². The number of aryl methyl sites for hydroxylation is 2. The number of hydrogen-bond acceptors (Lipinski definition) is 6. The molecule has 0 spiro atoms. The van der Waals surface area contributed by atoms with Gasteiger partial charge in [-0.05, 0) is 35.7 Å². The number of morpholine rings is 1. The van der Waals surface area contributed by atoms with E-state index < -0.39 is 12.0 Å². The number of aliphatic hydroxyl groups is 1. The van der Waals surface area contributed by atoms with Crippen LogP contribution in [0.3, 0.4) is 0 Å². The smallest absolute Gasteiger partial charge is 0.257 e. The third-order valence-corrected chi connectivity index (χ3v) is 8.70.